The number of hydrogen-bond donors (Lipinski definition) is 1. The molecule has 1 aliphatic heterocycles. The van der Waals surface area contributed by atoms with E-state index in [9.17, 15) is 4.79 Å². The van der Waals surface area contributed by atoms with Crippen molar-refractivity contribution in [2.24, 2.45) is 5.92 Å². The van der Waals surface area contributed by atoms with Crippen molar-refractivity contribution in [3.8, 4) is 0 Å². The first-order chi connectivity index (χ1) is 13.4. The zero-order valence-corrected chi connectivity index (χ0v) is 18.8. The highest BCUT2D eigenvalue weighted by atomic mass is 79.9. The molecule has 0 spiro atoms. The van der Waals surface area contributed by atoms with E-state index in [2.05, 4.69) is 39.7 Å². The van der Waals surface area contributed by atoms with Crippen LogP contribution in [0.25, 0.3) is 10.2 Å². The molecule has 0 bridgehead atoms. The second kappa shape index (κ2) is 8.10. The molecule has 3 aromatic rings. The van der Waals surface area contributed by atoms with Crippen molar-refractivity contribution >= 4 is 60.8 Å². The molecule has 0 saturated carbocycles. The van der Waals surface area contributed by atoms with Gasteiger partial charge in [0.05, 0.1) is 23.8 Å². The number of nitrogens with zero attached hydrogens (tertiary/aromatic N) is 2. The van der Waals surface area contributed by atoms with E-state index >= 15 is 0 Å². The number of aromatic nitrogens is 2. The molecule has 3 heterocycles. The number of halogens is 1. The Morgan fingerprint density at radius 1 is 1.36 bits per heavy atom. The number of benzene rings is 1. The van der Waals surface area contributed by atoms with Gasteiger partial charge < -0.3 is 10.5 Å². The van der Waals surface area contributed by atoms with Crippen LogP contribution < -0.4 is 5.73 Å². The second-order valence-corrected chi connectivity index (χ2v) is 10.0. The summed E-state index contributed by atoms with van der Waals surface area (Å²) in [6, 6.07) is 7.34. The zero-order chi connectivity index (χ0) is 19.8. The van der Waals surface area contributed by atoms with Gasteiger partial charge in [-0.1, -0.05) is 53.7 Å². The highest BCUT2D eigenvalue weighted by Gasteiger charge is 2.27. The molecular weight excluding hydrogens is 458 g/mol. The Kier molecular flexibility index (Phi) is 5.73. The van der Waals surface area contributed by atoms with E-state index in [1.165, 1.54) is 22.2 Å². The number of thiophene rings is 1. The van der Waals surface area contributed by atoms with Crippen molar-refractivity contribution < 1.29 is 9.53 Å². The quantitative estimate of drug-likeness (QED) is 0.312. The van der Waals surface area contributed by atoms with Gasteiger partial charge in [0.15, 0.2) is 10.9 Å². The van der Waals surface area contributed by atoms with Crippen LogP contribution in [0.5, 0.6) is 0 Å². The third kappa shape index (κ3) is 3.96. The fourth-order valence-corrected chi connectivity index (χ4v) is 5.43. The monoisotopic (exact) mass is 477 g/mol. The standard InChI is InChI=1S/C20H20BrN3O2S2/c1-10(2)15-7-13-16(8-26-15)28-19-17(13)18(22)23-20(24-19)27-9-14(25)11-3-5-12(21)6-4-11/h3-6,10,15H,7-9H2,1-2H3,(H2,22,23,24)/t15-/m1/s1. The van der Waals surface area contributed by atoms with Gasteiger partial charge in [-0.25, -0.2) is 9.97 Å². The molecular formula is C20H20BrN3O2S2. The first-order valence-electron chi connectivity index (χ1n) is 9.03. The van der Waals surface area contributed by atoms with Crippen LogP contribution in [0.15, 0.2) is 33.9 Å². The largest absolute Gasteiger partial charge is 0.383 e. The number of fused-ring (bicyclic) bond motifs is 3. The van der Waals surface area contributed by atoms with Gasteiger partial charge in [-0.15, -0.1) is 11.3 Å². The number of ether oxygens (including phenoxy) is 1. The number of thioether (sulfide) groups is 1. The Balaban J connectivity index is 1.55. The molecule has 1 aromatic carbocycles. The average molecular weight is 478 g/mol. The number of nitrogen functional groups attached to an aromatic ring is 1. The van der Waals surface area contributed by atoms with Gasteiger partial charge in [0.2, 0.25) is 0 Å². The molecule has 146 valence electrons. The van der Waals surface area contributed by atoms with Crippen molar-refractivity contribution in [2.45, 2.75) is 38.1 Å². The van der Waals surface area contributed by atoms with E-state index < -0.39 is 0 Å². The Labute approximate surface area is 180 Å². The fourth-order valence-electron chi connectivity index (χ4n) is 3.23. The number of ketones is 1. The molecule has 0 aliphatic carbocycles. The normalized spacial score (nSPS) is 16.5. The number of carbonyl (C=O) groups excluding carboxylic acids is 1. The number of anilines is 1. The van der Waals surface area contributed by atoms with Gasteiger partial charge in [0.1, 0.15) is 10.6 Å². The molecule has 0 saturated heterocycles. The molecule has 0 fully saturated rings. The van der Waals surface area contributed by atoms with Crippen LogP contribution in [-0.2, 0) is 17.8 Å². The lowest BCUT2D eigenvalue weighted by molar-refractivity contribution is 0.00203. The first kappa shape index (κ1) is 19.8. The summed E-state index contributed by atoms with van der Waals surface area (Å²) in [4.78, 5) is 23.6. The van der Waals surface area contributed by atoms with Crippen LogP contribution in [0.1, 0.15) is 34.6 Å². The van der Waals surface area contributed by atoms with Gasteiger partial charge >= 0.3 is 0 Å². The minimum Gasteiger partial charge on any atom is -0.383 e. The summed E-state index contributed by atoms with van der Waals surface area (Å²) >= 11 is 6.31. The van der Waals surface area contributed by atoms with Crippen LogP contribution in [0.4, 0.5) is 5.82 Å². The summed E-state index contributed by atoms with van der Waals surface area (Å²) in [6.45, 7) is 4.94. The summed E-state index contributed by atoms with van der Waals surface area (Å²) in [5, 5.41) is 1.49. The number of hydrogen-bond acceptors (Lipinski definition) is 7. The van der Waals surface area contributed by atoms with E-state index in [-0.39, 0.29) is 17.6 Å². The lowest BCUT2D eigenvalue weighted by Gasteiger charge is -2.26. The highest BCUT2D eigenvalue weighted by molar-refractivity contribution is 9.10. The number of carbonyl (C=O) groups is 1. The van der Waals surface area contributed by atoms with E-state index in [1.807, 2.05) is 24.3 Å². The molecule has 8 heteroatoms. The Morgan fingerprint density at radius 2 is 2.11 bits per heavy atom. The van der Waals surface area contributed by atoms with Crippen molar-refractivity contribution in [1.29, 1.82) is 0 Å². The van der Waals surface area contributed by atoms with E-state index in [0.717, 1.165) is 21.1 Å². The van der Waals surface area contributed by atoms with Crippen LogP contribution >= 0.6 is 39.0 Å². The smallest absolute Gasteiger partial charge is 0.191 e. The minimum absolute atomic E-state index is 0.0402. The third-order valence-electron chi connectivity index (χ3n) is 4.82. The summed E-state index contributed by atoms with van der Waals surface area (Å²) in [7, 11) is 0. The van der Waals surface area contributed by atoms with E-state index in [4.69, 9.17) is 10.5 Å². The Hall–Kier alpha value is -1.48. The van der Waals surface area contributed by atoms with Gasteiger partial charge in [-0.2, -0.15) is 0 Å². The van der Waals surface area contributed by atoms with Gasteiger partial charge in [0.25, 0.3) is 0 Å². The van der Waals surface area contributed by atoms with Crippen molar-refractivity contribution in [2.75, 3.05) is 11.5 Å². The summed E-state index contributed by atoms with van der Waals surface area (Å²) in [6.07, 6.45) is 1.04. The molecule has 1 aliphatic rings. The van der Waals surface area contributed by atoms with Gasteiger partial charge in [-0.05, 0) is 23.6 Å². The van der Waals surface area contributed by atoms with Crippen LogP contribution in [-0.4, -0.2) is 27.6 Å². The molecule has 28 heavy (non-hydrogen) atoms. The molecule has 2 aromatic heterocycles. The van der Waals surface area contributed by atoms with Crippen LogP contribution in [0.2, 0.25) is 0 Å². The lowest BCUT2D eigenvalue weighted by Crippen LogP contribution is -2.26. The van der Waals surface area contributed by atoms with Crippen LogP contribution in [0.3, 0.4) is 0 Å². The zero-order valence-electron chi connectivity index (χ0n) is 15.6. The molecule has 1 atom stereocenters. The van der Waals surface area contributed by atoms with E-state index in [0.29, 0.717) is 29.1 Å². The maximum atomic E-state index is 12.4. The predicted octanol–water partition coefficient (Wildman–Crippen LogP) is 5.11. The number of Topliss-reactive ketones (excluding diaryl/α,β-unsaturated/α-hetero) is 1. The fraction of sp³-hybridized carbons (Fsp3) is 0.350. The van der Waals surface area contributed by atoms with Crippen molar-refractivity contribution in [3.05, 3.63) is 44.7 Å². The Bertz CT molecular complexity index is 1030. The molecule has 0 amide bonds. The second-order valence-electron chi connectivity index (χ2n) is 7.09. The lowest BCUT2D eigenvalue weighted by atomic mass is 9.96. The van der Waals surface area contributed by atoms with Crippen molar-refractivity contribution in [3.63, 3.8) is 0 Å². The summed E-state index contributed by atoms with van der Waals surface area (Å²) in [5.41, 5.74) is 8.19. The highest BCUT2D eigenvalue weighted by Crippen LogP contribution is 2.39. The maximum Gasteiger partial charge on any atom is 0.191 e. The minimum atomic E-state index is 0.0402. The summed E-state index contributed by atoms with van der Waals surface area (Å²) < 4.78 is 6.92. The summed E-state index contributed by atoms with van der Waals surface area (Å²) in [5.74, 6) is 1.25. The van der Waals surface area contributed by atoms with Crippen molar-refractivity contribution in [1.82, 2.24) is 9.97 Å². The number of rotatable bonds is 5. The van der Waals surface area contributed by atoms with Crippen LogP contribution in [0, 0.1) is 5.92 Å². The SMILES string of the molecule is CC(C)[C@H]1Cc2c(sc3nc(SCC(=O)c4ccc(Br)cc4)nc(N)c23)CO1. The molecule has 0 unspecified atom stereocenters. The van der Waals surface area contributed by atoms with Gasteiger partial charge in [0, 0.05) is 21.3 Å². The third-order valence-corrected chi connectivity index (χ3v) is 7.29. The van der Waals surface area contributed by atoms with Gasteiger partial charge in [-0.3, -0.25) is 4.79 Å². The predicted molar refractivity (Wildman–Crippen MR) is 118 cm³/mol. The molecule has 0 radical (unpaired) electrons. The topological polar surface area (TPSA) is 78.1 Å². The Morgan fingerprint density at radius 3 is 2.82 bits per heavy atom. The molecule has 5 nitrogen and oxygen atoms in total. The average Bonchev–Trinajstić information content (AvgIpc) is 3.04. The van der Waals surface area contributed by atoms with E-state index in [1.54, 1.807) is 11.3 Å². The molecule has 4 rings (SSSR count). The first-order valence-corrected chi connectivity index (χ1v) is 11.6. The molecule has 2 N–H and O–H groups in total. The maximum absolute atomic E-state index is 12.4. The number of nitrogens with two attached hydrogens (primary N) is 1.